The summed E-state index contributed by atoms with van der Waals surface area (Å²) in [6.07, 6.45) is -4.50. The van der Waals surface area contributed by atoms with Crippen molar-refractivity contribution < 1.29 is 36.7 Å². The number of Topliss-reactive ketones (excluding diaryl/α,β-unsaturated/α-hetero) is 1. The second-order valence-electron chi connectivity index (χ2n) is 3.41. The summed E-state index contributed by atoms with van der Waals surface area (Å²) in [5, 5.41) is 0. The third-order valence-corrected chi connectivity index (χ3v) is 2.31. The highest BCUT2D eigenvalue weighted by atomic mass is 31.1. The lowest BCUT2D eigenvalue weighted by Crippen LogP contribution is -2.16. The van der Waals surface area contributed by atoms with Crippen molar-refractivity contribution in [2.24, 2.45) is 0 Å². The van der Waals surface area contributed by atoms with Crippen LogP contribution in [0.2, 0.25) is 0 Å². The van der Waals surface area contributed by atoms with Gasteiger partial charge in [-0.2, -0.15) is 13.2 Å². The lowest BCUT2D eigenvalue weighted by atomic mass is 10.2. The number of carbonyl (C=O) groups is 1. The molecule has 1 rings (SSSR count). The summed E-state index contributed by atoms with van der Waals surface area (Å²) in [6.45, 7) is -1.18. The molecule has 106 valence electrons. The Hall–Kier alpha value is -1.37. The molecular weight excluding hydrogens is 288 g/mol. The first-order valence-electron chi connectivity index (χ1n) is 4.96. The van der Waals surface area contributed by atoms with E-state index >= 15 is 0 Å². The molecule has 0 amide bonds. The van der Waals surface area contributed by atoms with Crippen LogP contribution in [0.3, 0.4) is 0 Å². The van der Waals surface area contributed by atoms with Crippen molar-refractivity contribution in [2.75, 3.05) is 13.2 Å². The number of carbonyl (C=O) groups excluding carboxylic acids is 1. The summed E-state index contributed by atoms with van der Waals surface area (Å²) in [5.74, 6) is -0.787. The standard InChI is InChI=1S/C10H10F3O5P/c11-10(12,13)7-2-1-3-9(4-7)17-5-8(14)6-18-19(15)16/h1-4,19H,5-6H2,(H,15,16). The first-order chi connectivity index (χ1) is 8.79. The molecule has 0 heterocycles. The van der Waals surface area contributed by atoms with Crippen molar-refractivity contribution >= 4 is 14.0 Å². The molecule has 0 aliphatic rings. The summed E-state index contributed by atoms with van der Waals surface area (Å²) in [6, 6.07) is 4.03. The highest BCUT2D eigenvalue weighted by Crippen LogP contribution is 2.31. The van der Waals surface area contributed by atoms with Gasteiger partial charge >= 0.3 is 14.4 Å². The Labute approximate surface area is 106 Å². The number of halogens is 3. The monoisotopic (exact) mass is 298 g/mol. The molecule has 1 aromatic carbocycles. The smallest absolute Gasteiger partial charge is 0.416 e. The molecule has 9 heteroatoms. The predicted molar refractivity (Wildman–Crippen MR) is 59.1 cm³/mol. The Morgan fingerprint density at radius 3 is 2.58 bits per heavy atom. The summed E-state index contributed by atoms with van der Waals surface area (Å²) in [4.78, 5) is 19.4. The molecule has 0 aromatic heterocycles. The highest BCUT2D eigenvalue weighted by Gasteiger charge is 2.30. The van der Waals surface area contributed by atoms with E-state index in [1.165, 1.54) is 6.07 Å². The third kappa shape index (κ3) is 5.87. The number of benzene rings is 1. The van der Waals surface area contributed by atoms with Gasteiger partial charge in [-0.15, -0.1) is 0 Å². The average Bonchev–Trinajstić information content (AvgIpc) is 2.33. The van der Waals surface area contributed by atoms with E-state index in [-0.39, 0.29) is 5.75 Å². The molecule has 1 aromatic rings. The zero-order chi connectivity index (χ0) is 14.5. The number of ether oxygens (including phenoxy) is 1. The van der Waals surface area contributed by atoms with E-state index in [1.54, 1.807) is 0 Å². The number of ketones is 1. The van der Waals surface area contributed by atoms with Gasteiger partial charge in [0.2, 0.25) is 0 Å². The molecule has 1 N–H and O–H groups in total. The molecule has 0 radical (unpaired) electrons. The SMILES string of the molecule is O=C(COc1cccc(C(F)(F)F)c1)CO[PH](=O)O. The second-order valence-corrected chi connectivity index (χ2v) is 4.23. The molecule has 5 nitrogen and oxygen atoms in total. The zero-order valence-electron chi connectivity index (χ0n) is 9.44. The highest BCUT2D eigenvalue weighted by molar-refractivity contribution is 7.32. The fraction of sp³-hybridized carbons (Fsp3) is 0.300. The lowest BCUT2D eigenvalue weighted by Gasteiger charge is -2.09. The van der Waals surface area contributed by atoms with Crippen molar-refractivity contribution in [1.82, 2.24) is 0 Å². The molecule has 19 heavy (non-hydrogen) atoms. The van der Waals surface area contributed by atoms with Gasteiger partial charge in [-0.3, -0.25) is 9.36 Å². The summed E-state index contributed by atoms with van der Waals surface area (Å²) < 4.78 is 56.3. The minimum absolute atomic E-state index is 0.125. The van der Waals surface area contributed by atoms with E-state index in [9.17, 15) is 22.5 Å². The topological polar surface area (TPSA) is 72.8 Å². The third-order valence-electron chi connectivity index (χ3n) is 1.92. The van der Waals surface area contributed by atoms with E-state index in [4.69, 9.17) is 9.63 Å². The van der Waals surface area contributed by atoms with Crippen LogP contribution < -0.4 is 4.74 Å². The average molecular weight is 298 g/mol. The number of alkyl halides is 3. The maximum absolute atomic E-state index is 12.4. The van der Waals surface area contributed by atoms with Gasteiger partial charge in [-0.25, -0.2) is 0 Å². The Kier molecular flexibility index (Phi) is 5.53. The maximum atomic E-state index is 12.4. The van der Waals surface area contributed by atoms with E-state index < -0.39 is 39.0 Å². The van der Waals surface area contributed by atoms with Crippen molar-refractivity contribution in [3.8, 4) is 5.75 Å². The molecule has 0 aliphatic carbocycles. The van der Waals surface area contributed by atoms with Crippen molar-refractivity contribution in [3.05, 3.63) is 29.8 Å². The molecule has 1 atom stereocenters. The summed E-state index contributed by atoms with van der Waals surface area (Å²) in [7, 11) is -3.21. The van der Waals surface area contributed by atoms with Gasteiger partial charge in [0.25, 0.3) is 0 Å². The minimum atomic E-state index is -4.50. The minimum Gasteiger partial charge on any atom is -0.486 e. The van der Waals surface area contributed by atoms with Crippen LogP contribution in [0.15, 0.2) is 24.3 Å². The van der Waals surface area contributed by atoms with Crippen LogP contribution in [-0.4, -0.2) is 23.9 Å². The van der Waals surface area contributed by atoms with E-state index in [2.05, 4.69) is 4.52 Å². The maximum Gasteiger partial charge on any atom is 0.416 e. The first-order valence-corrected chi connectivity index (χ1v) is 6.23. The van der Waals surface area contributed by atoms with Crippen molar-refractivity contribution in [1.29, 1.82) is 0 Å². The van der Waals surface area contributed by atoms with Crippen LogP contribution in [0.5, 0.6) is 5.75 Å². The fourth-order valence-corrected chi connectivity index (χ4v) is 1.39. The van der Waals surface area contributed by atoms with Crippen LogP contribution in [0.25, 0.3) is 0 Å². The van der Waals surface area contributed by atoms with Crippen LogP contribution >= 0.6 is 8.25 Å². The largest absolute Gasteiger partial charge is 0.486 e. The van der Waals surface area contributed by atoms with Crippen molar-refractivity contribution in [2.45, 2.75) is 6.18 Å². The summed E-state index contributed by atoms with van der Waals surface area (Å²) in [5.41, 5.74) is -0.894. The zero-order valence-corrected chi connectivity index (χ0v) is 10.4. The van der Waals surface area contributed by atoms with Crippen LogP contribution in [0.4, 0.5) is 13.2 Å². The Morgan fingerprint density at radius 1 is 1.32 bits per heavy atom. The van der Waals surface area contributed by atoms with Gasteiger partial charge in [0.05, 0.1) is 5.56 Å². The molecule has 0 aliphatic heterocycles. The molecule has 0 fully saturated rings. The Morgan fingerprint density at radius 2 is 2.00 bits per heavy atom. The van der Waals surface area contributed by atoms with Crippen LogP contribution in [0, 0.1) is 0 Å². The van der Waals surface area contributed by atoms with Crippen LogP contribution in [0.1, 0.15) is 5.56 Å². The Balaban J connectivity index is 2.54. The number of hydrogen-bond acceptors (Lipinski definition) is 4. The normalized spacial score (nSPS) is 13.1. The molecule has 0 bridgehead atoms. The van der Waals surface area contributed by atoms with Crippen LogP contribution in [-0.2, 0) is 20.1 Å². The van der Waals surface area contributed by atoms with Gasteiger partial charge in [0.1, 0.15) is 19.0 Å². The van der Waals surface area contributed by atoms with E-state index in [0.717, 1.165) is 18.2 Å². The summed E-state index contributed by atoms with van der Waals surface area (Å²) >= 11 is 0. The number of rotatable bonds is 6. The number of hydrogen-bond donors (Lipinski definition) is 1. The van der Waals surface area contributed by atoms with Gasteiger partial charge < -0.3 is 14.2 Å². The molecular formula is C10H10F3O5P. The molecule has 0 saturated heterocycles. The fourth-order valence-electron chi connectivity index (χ4n) is 1.11. The first kappa shape index (κ1) is 15.7. The second kappa shape index (κ2) is 6.70. The van der Waals surface area contributed by atoms with E-state index in [0.29, 0.717) is 0 Å². The van der Waals surface area contributed by atoms with Gasteiger partial charge in [-0.05, 0) is 18.2 Å². The van der Waals surface area contributed by atoms with Gasteiger partial charge in [0, 0.05) is 0 Å². The molecule has 0 saturated carbocycles. The lowest BCUT2D eigenvalue weighted by molar-refractivity contribution is -0.137. The van der Waals surface area contributed by atoms with Gasteiger partial charge in [0.15, 0.2) is 5.78 Å². The predicted octanol–water partition coefficient (Wildman–Crippen LogP) is 2.05. The Bertz CT molecular complexity index is 474. The molecule has 0 spiro atoms. The van der Waals surface area contributed by atoms with Gasteiger partial charge in [-0.1, -0.05) is 6.07 Å². The molecule has 1 unspecified atom stereocenters. The van der Waals surface area contributed by atoms with E-state index in [1.807, 2.05) is 0 Å². The quantitative estimate of drug-likeness (QED) is 0.814. The van der Waals surface area contributed by atoms with Crippen molar-refractivity contribution in [3.63, 3.8) is 0 Å².